The second kappa shape index (κ2) is 10.4. The van der Waals surface area contributed by atoms with Crippen molar-refractivity contribution in [2.24, 2.45) is 0 Å². The van der Waals surface area contributed by atoms with Crippen molar-refractivity contribution >= 4 is 22.4 Å². The molecule has 1 saturated heterocycles. The Labute approximate surface area is 220 Å². The third kappa shape index (κ3) is 5.30. The monoisotopic (exact) mass is 573 g/mol. The molecular weight excluding hydrogens is 552 g/mol. The van der Waals surface area contributed by atoms with Gasteiger partial charge in [-0.3, -0.25) is 9.13 Å². The maximum absolute atomic E-state index is 15.1. The Morgan fingerprint density at radius 2 is 1.82 bits per heavy atom. The van der Waals surface area contributed by atoms with Crippen LogP contribution in [0.5, 0.6) is 0 Å². The smallest absolute Gasteiger partial charge is 0.416 e. The van der Waals surface area contributed by atoms with Gasteiger partial charge in [0.25, 0.3) is 5.89 Å². The SMILES string of the molecule is C[S+]([O-])N1CCC(n2c(=O)n(Cc3ccc(-c4nnc(C(F)F)o4)cc3F)c3cc(C(F)(F)F)ccc32)CC1. The molecule has 1 atom stereocenters. The highest BCUT2D eigenvalue weighted by molar-refractivity contribution is 7.88. The van der Waals surface area contributed by atoms with Crippen LogP contribution in [0.2, 0.25) is 0 Å². The van der Waals surface area contributed by atoms with Crippen LogP contribution in [0.15, 0.2) is 45.6 Å². The summed E-state index contributed by atoms with van der Waals surface area (Å²) in [5.41, 5.74) is -1.32. The van der Waals surface area contributed by atoms with Crippen LogP contribution in [-0.2, 0) is 24.1 Å². The van der Waals surface area contributed by atoms with Gasteiger partial charge in [0, 0.05) is 41.6 Å². The number of halogens is 6. The average molecular weight is 574 g/mol. The first kappa shape index (κ1) is 27.3. The summed E-state index contributed by atoms with van der Waals surface area (Å²) in [5.74, 6) is -2.10. The van der Waals surface area contributed by atoms with Crippen LogP contribution in [0.25, 0.3) is 22.5 Å². The fourth-order valence-electron chi connectivity index (χ4n) is 4.74. The Bertz CT molecular complexity index is 1560. The molecule has 0 radical (unpaired) electrons. The molecule has 4 aromatic rings. The van der Waals surface area contributed by atoms with Gasteiger partial charge in [0.1, 0.15) is 12.1 Å². The minimum Gasteiger partial charge on any atom is -0.598 e. The summed E-state index contributed by atoms with van der Waals surface area (Å²) in [6, 6.07) is 6.20. The number of fused-ring (bicyclic) bond motifs is 1. The van der Waals surface area contributed by atoms with Crippen LogP contribution in [0, 0.1) is 5.82 Å². The number of hydrogen-bond acceptors (Lipinski definition) is 6. The molecule has 1 fully saturated rings. The zero-order valence-corrected chi connectivity index (χ0v) is 21.1. The first-order valence-electron chi connectivity index (χ1n) is 11.7. The van der Waals surface area contributed by atoms with Crippen molar-refractivity contribution in [1.29, 1.82) is 0 Å². The molecule has 1 aliphatic rings. The largest absolute Gasteiger partial charge is 0.598 e. The van der Waals surface area contributed by atoms with Crippen molar-refractivity contribution in [3.05, 3.63) is 69.7 Å². The fourth-order valence-corrected chi connectivity index (χ4v) is 5.46. The lowest BCUT2D eigenvalue weighted by Crippen LogP contribution is -2.40. The van der Waals surface area contributed by atoms with Crippen LogP contribution in [-0.4, -0.2) is 47.5 Å². The van der Waals surface area contributed by atoms with Crippen molar-refractivity contribution in [3.63, 3.8) is 0 Å². The molecule has 8 nitrogen and oxygen atoms in total. The average Bonchev–Trinajstić information content (AvgIpc) is 3.48. The molecular formula is C24H21F6N5O3S. The molecule has 0 bridgehead atoms. The molecule has 2 aromatic heterocycles. The lowest BCUT2D eigenvalue weighted by Gasteiger charge is -2.31. The molecule has 0 saturated carbocycles. The number of imidazole rings is 1. The van der Waals surface area contributed by atoms with E-state index in [0.29, 0.717) is 25.9 Å². The summed E-state index contributed by atoms with van der Waals surface area (Å²) in [6.07, 6.45) is -5.21. The second-order valence-electron chi connectivity index (χ2n) is 9.08. The fraction of sp³-hybridized carbons (Fsp3) is 0.375. The standard InChI is InChI=1S/C24H21F6N5O3S/c1-39(37)33-8-6-16(7-9-33)35-18-5-4-15(24(28,29)30)11-19(18)34(23(35)36)12-14-3-2-13(10-17(14)25)21-31-32-22(38-21)20(26)27/h2-5,10-11,16,20H,6-9,12H2,1H3. The molecule has 0 spiro atoms. The number of hydrogen-bond donors (Lipinski definition) is 0. The Morgan fingerprint density at radius 1 is 1.10 bits per heavy atom. The minimum absolute atomic E-state index is 0.0155. The minimum atomic E-state index is -4.66. The lowest BCUT2D eigenvalue weighted by atomic mass is 10.1. The van der Waals surface area contributed by atoms with E-state index in [4.69, 9.17) is 4.42 Å². The van der Waals surface area contributed by atoms with Crippen LogP contribution in [0.3, 0.4) is 0 Å². The van der Waals surface area contributed by atoms with Crippen LogP contribution in [0.4, 0.5) is 26.3 Å². The number of aromatic nitrogens is 4. The summed E-state index contributed by atoms with van der Waals surface area (Å²) >= 11 is -1.19. The number of nitrogens with zero attached hydrogens (tertiary/aromatic N) is 5. The molecule has 1 unspecified atom stereocenters. The summed E-state index contributed by atoms with van der Waals surface area (Å²) in [5, 5.41) is 6.67. The van der Waals surface area contributed by atoms with Gasteiger partial charge in [-0.25, -0.2) is 9.18 Å². The number of piperidine rings is 1. The maximum atomic E-state index is 15.1. The molecule has 39 heavy (non-hydrogen) atoms. The van der Waals surface area contributed by atoms with E-state index < -0.39 is 46.9 Å². The first-order chi connectivity index (χ1) is 18.4. The predicted molar refractivity (Wildman–Crippen MR) is 129 cm³/mol. The van der Waals surface area contributed by atoms with Crippen LogP contribution >= 0.6 is 0 Å². The number of rotatable bonds is 6. The van der Waals surface area contributed by atoms with Gasteiger partial charge >= 0.3 is 18.3 Å². The molecule has 0 aliphatic carbocycles. The quantitative estimate of drug-likeness (QED) is 0.240. The molecule has 0 amide bonds. The van der Waals surface area contributed by atoms with Crippen molar-refractivity contribution in [2.45, 2.75) is 38.0 Å². The topological polar surface area (TPSA) is 92.2 Å². The summed E-state index contributed by atoms with van der Waals surface area (Å²) in [7, 11) is 0. The Morgan fingerprint density at radius 3 is 2.41 bits per heavy atom. The highest BCUT2D eigenvalue weighted by atomic mass is 32.2. The van der Waals surface area contributed by atoms with E-state index in [1.54, 1.807) is 10.6 Å². The third-order valence-corrected chi connectivity index (χ3v) is 7.79. The van der Waals surface area contributed by atoms with Gasteiger partial charge < -0.3 is 8.97 Å². The summed E-state index contributed by atoms with van der Waals surface area (Å²) < 4.78 is 102. The molecule has 1 aliphatic heterocycles. The number of benzene rings is 2. The molecule has 2 aromatic carbocycles. The summed E-state index contributed by atoms with van der Waals surface area (Å²) in [4.78, 5) is 13.6. The van der Waals surface area contributed by atoms with Crippen molar-refractivity contribution < 1.29 is 35.3 Å². The van der Waals surface area contributed by atoms with Crippen molar-refractivity contribution in [2.75, 3.05) is 19.3 Å². The Kier molecular flexibility index (Phi) is 7.24. The van der Waals surface area contributed by atoms with Gasteiger partial charge in [0.2, 0.25) is 5.89 Å². The molecule has 5 rings (SSSR count). The first-order valence-corrected chi connectivity index (χ1v) is 13.3. The van der Waals surface area contributed by atoms with E-state index in [1.807, 2.05) is 0 Å². The zero-order chi connectivity index (χ0) is 28.1. The van der Waals surface area contributed by atoms with E-state index in [-0.39, 0.29) is 40.6 Å². The Balaban J connectivity index is 1.54. The van der Waals surface area contributed by atoms with E-state index in [2.05, 4.69) is 10.2 Å². The van der Waals surface area contributed by atoms with Gasteiger partial charge in [0.15, 0.2) is 0 Å². The van der Waals surface area contributed by atoms with Gasteiger partial charge in [-0.15, -0.1) is 14.5 Å². The highest BCUT2D eigenvalue weighted by Gasteiger charge is 2.33. The Hall–Kier alpha value is -3.30. The van der Waals surface area contributed by atoms with Gasteiger partial charge in [-0.1, -0.05) is 6.07 Å². The van der Waals surface area contributed by atoms with Crippen LogP contribution in [0.1, 0.15) is 42.3 Å². The van der Waals surface area contributed by atoms with Gasteiger partial charge in [-0.05, 0) is 43.2 Å². The predicted octanol–water partition coefficient (Wildman–Crippen LogP) is 4.93. The van der Waals surface area contributed by atoms with Crippen LogP contribution < -0.4 is 5.69 Å². The van der Waals surface area contributed by atoms with E-state index in [1.165, 1.54) is 22.8 Å². The van der Waals surface area contributed by atoms with Crippen molar-refractivity contribution in [3.8, 4) is 11.5 Å². The second-order valence-corrected chi connectivity index (χ2v) is 10.4. The molecule has 208 valence electrons. The van der Waals surface area contributed by atoms with Gasteiger partial charge in [-0.2, -0.15) is 22.0 Å². The third-order valence-electron chi connectivity index (χ3n) is 6.70. The van der Waals surface area contributed by atoms with E-state index >= 15 is 4.39 Å². The number of alkyl halides is 5. The summed E-state index contributed by atoms with van der Waals surface area (Å²) in [6.45, 7) is 0.485. The van der Waals surface area contributed by atoms with Gasteiger partial charge in [0.05, 0.1) is 23.1 Å². The molecule has 3 heterocycles. The normalized spacial score (nSPS) is 16.4. The van der Waals surface area contributed by atoms with E-state index in [0.717, 1.165) is 22.8 Å². The zero-order valence-electron chi connectivity index (χ0n) is 20.3. The molecule has 0 N–H and O–H groups in total. The lowest BCUT2D eigenvalue weighted by molar-refractivity contribution is -0.137. The van der Waals surface area contributed by atoms with E-state index in [9.17, 15) is 31.3 Å². The molecule has 15 heteroatoms. The maximum Gasteiger partial charge on any atom is 0.416 e. The highest BCUT2D eigenvalue weighted by Crippen LogP contribution is 2.34. The van der Waals surface area contributed by atoms with Crippen molar-refractivity contribution in [1.82, 2.24) is 23.6 Å².